The van der Waals surface area contributed by atoms with E-state index in [9.17, 15) is 18.3 Å². The first-order valence-electron chi connectivity index (χ1n) is 9.91. The van der Waals surface area contributed by atoms with Gasteiger partial charge in [0.2, 0.25) is 0 Å². The van der Waals surface area contributed by atoms with Crippen LogP contribution in [0.5, 0.6) is 5.75 Å². The van der Waals surface area contributed by atoms with E-state index in [0.717, 1.165) is 30.4 Å². The van der Waals surface area contributed by atoms with Crippen molar-refractivity contribution < 1.29 is 23.0 Å². The van der Waals surface area contributed by atoms with Gasteiger partial charge in [-0.1, -0.05) is 30.3 Å². The molecule has 0 bridgehead atoms. The first kappa shape index (κ1) is 21.7. The number of benzene rings is 2. The molecular weight excluding hydrogens is 379 g/mol. The van der Waals surface area contributed by atoms with E-state index in [0.29, 0.717) is 19.7 Å². The van der Waals surface area contributed by atoms with Gasteiger partial charge in [-0.3, -0.25) is 0 Å². The number of halogens is 3. The topological polar surface area (TPSA) is 41.5 Å². The monoisotopic (exact) mass is 407 g/mol. The highest BCUT2D eigenvalue weighted by atomic mass is 19.4. The highest BCUT2D eigenvalue weighted by Crippen LogP contribution is 2.44. The molecule has 29 heavy (non-hydrogen) atoms. The van der Waals surface area contributed by atoms with Gasteiger partial charge < -0.3 is 15.2 Å². The molecule has 0 radical (unpaired) electrons. The SMILES string of the molecule is CC1(C)CC(CCNCc2ccccc2O)(c2ccc(C(F)(F)F)cc2)CCO1. The van der Waals surface area contributed by atoms with Crippen LogP contribution in [-0.4, -0.2) is 23.9 Å². The minimum atomic E-state index is -4.33. The van der Waals surface area contributed by atoms with E-state index in [2.05, 4.69) is 5.32 Å². The van der Waals surface area contributed by atoms with Crippen LogP contribution in [-0.2, 0) is 22.9 Å². The van der Waals surface area contributed by atoms with Crippen molar-refractivity contribution in [2.24, 2.45) is 0 Å². The number of aromatic hydroxyl groups is 1. The van der Waals surface area contributed by atoms with Crippen LogP contribution in [0.25, 0.3) is 0 Å². The molecule has 0 amide bonds. The zero-order valence-electron chi connectivity index (χ0n) is 16.9. The second kappa shape index (κ2) is 8.36. The lowest BCUT2D eigenvalue weighted by atomic mass is 9.67. The van der Waals surface area contributed by atoms with Crippen molar-refractivity contribution in [2.45, 2.75) is 56.8 Å². The maximum absolute atomic E-state index is 13.0. The van der Waals surface area contributed by atoms with E-state index >= 15 is 0 Å². The predicted octanol–water partition coefficient (Wildman–Crippen LogP) is 5.42. The molecule has 3 rings (SSSR count). The normalized spacial score (nSPS) is 21.8. The highest BCUT2D eigenvalue weighted by molar-refractivity contribution is 5.33. The van der Waals surface area contributed by atoms with Crippen molar-refractivity contribution in [1.82, 2.24) is 5.32 Å². The van der Waals surface area contributed by atoms with E-state index < -0.39 is 11.7 Å². The fourth-order valence-corrected chi connectivity index (χ4v) is 4.30. The summed E-state index contributed by atoms with van der Waals surface area (Å²) in [5.74, 6) is 0.254. The van der Waals surface area contributed by atoms with Crippen LogP contribution in [0.2, 0.25) is 0 Å². The van der Waals surface area contributed by atoms with Gasteiger partial charge in [0.1, 0.15) is 5.75 Å². The van der Waals surface area contributed by atoms with Crippen LogP contribution in [0.15, 0.2) is 48.5 Å². The van der Waals surface area contributed by atoms with Crippen LogP contribution in [0, 0.1) is 0 Å². The summed E-state index contributed by atoms with van der Waals surface area (Å²) in [7, 11) is 0. The van der Waals surface area contributed by atoms with Gasteiger partial charge >= 0.3 is 6.18 Å². The van der Waals surface area contributed by atoms with E-state index in [1.807, 2.05) is 26.0 Å². The molecule has 1 aliphatic heterocycles. The van der Waals surface area contributed by atoms with Crippen molar-refractivity contribution >= 4 is 0 Å². The zero-order chi connectivity index (χ0) is 21.1. The third-order valence-electron chi connectivity index (χ3n) is 5.75. The smallest absolute Gasteiger partial charge is 0.416 e. The minimum Gasteiger partial charge on any atom is -0.508 e. The summed E-state index contributed by atoms with van der Waals surface area (Å²) in [5, 5.41) is 13.3. The lowest BCUT2D eigenvalue weighted by Gasteiger charge is -2.45. The summed E-state index contributed by atoms with van der Waals surface area (Å²) >= 11 is 0. The Kier molecular flexibility index (Phi) is 6.24. The summed E-state index contributed by atoms with van der Waals surface area (Å²) in [6.45, 7) is 5.86. The van der Waals surface area contributed by atoms with Crippen LogP contribution in [0.4, 0.5) is 13.2 Å². The van der Waals surface area contributed by atoms with Gasteiger partial charge in [0, 0.05) is 24.1 Å². The standard InChI is InChI=1S/C23H28F3NO2/c1-21(2)16-22(12-14-29-21,18-7-9-19(10-8-18)23(24,25)26)11-13-27-15-17-5-3-4-6-20(17)28/h3-10,27-28H,11-16H2,1-2H3. The molecule has 1 fully saturated rings. The molecule has 2 aromatic rings. The van der Waals surface area contributed by atoms with Gasteiger partial charge in [-0.15, -0.1) is 0 Å². The van der Waals surface area contributed by atoms with Crippen molar-refractivity contribution in [3.05, 3.63) is 65.2 Å². The number of phenols is 1. The molecule has 0 aromatic heterocycles. The fraction of sp³-hybridized carbons (Fsp3) is 0.478. The Balaban J connectivity index is 1.75. The molecule has 3 nitrogen and oxygen atoms in total. The average Bonchev–Trinajstić information content (AvgIpc) is 2.65. The van der Waals surface area contributed by atoms with Crippen LogP contribution < -0.4 is 5.32 Å². The summed E-state index contributed by atoms with van der Waals surface area (Å²) in [6.07, 6.45) is -2.05. The molecule has 2 aromatic carbocycles. The largest absolute Gasteiger partial charge is 0.508 e. The average molecular weight is 407 g/mol. The van der Waals surface area contributed by atoms with Crippen LogP contribution in [0.1, 0.15) is 49.8 Å². The number of phenolic OH excluding ortho intramolecular Hbond substituents is 1. The van der Waals surface area contributed by atoms with E-state index in [4.69, 9.17) is 4.74 Å². The Morgan fingerprint density at radius 3 is 2.38 bits per heavy atom. The molecule has 0 saturated carbocycles. The molecule has 1 atom stereocenters. The Morgan fingerprint density at radius 2 is 1.76 bits per heavy atom. The maximum Gasteiger partial charge on any atom is 0.416 e. The molecule has 1 heterocycles. The van der Waals surface area contributed by atoms with Crippen molar-refractivity contribution in [3.63, 3.8) is 0 Å². The maximum atomic E-state index is 13.0. The second-order valence-corrected chi connectivity index (χ2v) is 8.45. The summed E-state index contributed by atoms with van der Waals surface area (Å²) in [4.78, 5) is 0. The Bertz CT molecular complexity index is 818. The molecule has 1 aliphatic rings. The number of nitrogens with one attached hydrogen (secondary N) is 1. The summed E-state index contributed by atoms with van der Waals surface area (Å²) in [5.41, 5.74) is 0.533. The first-order chi connectivity index (χ1) is 13.6. The van der Waals surface area contributed by atoms with Gasteiger partial charge in [-0.25, -0.2) is 0 Å². The lowest BCUT2D eigenvalue weighted by molar-refractivity contribution is -0.137. The van der Waals surface area contributed by atoms with Crippen LogP contribution in [0.3, 0.4) is 0 Å². The second-order valence-electron chi connectivity index (χ2n) is 8.45. The van der Waals surface area contributed by atoms with Crippen molar-refractivity contribution in [3.8, 4) is 5.75 Å². The van der Waals surface area contributed by atoms with Gasteiger partial charge in [-0.05, 0) is 63.4 Å². The number of hydrogen-bond donors (Lipinski definition) is 2. The Morgan fingerprint density at radius 1 is 1.07 bits per heavy atom. The van der Waals surface area contributed by atoms with Gasteiger partial charge in [0.15, 0.2) is 0 Å². The number of ether oxygens (including phenoxy) is 1. The Hall–Kier alpha value is -2.05. The lowest BCUT2D eigenvalue weighted by Crippen LogP contribution is -2.45. The minimum absolute atomic E-state index is 0.252. The number of alkyl halides is 3. The number of para-hydroxylation sites is 1. The predicted molar refractivity (Wildman–Crippen MR) is 107 cm³/mol. The van der Waals surface area contributed by atoms with Crippen LogP contribution >= 0.6 is 0 Å². The van der Waals surface area contributed by atoms with Gasteiger partial charge in [0.25, 0.3) is 0 Å². The van der Waals surface area contributed by atoms with E-state index in [1.165, 1.54) is 12.1 Å². The molecule has 6 heteroatoms. The van der Waals surface area contributed by atoms with Gasteiger partial charge in [-0.2, -0.15) is 13.2 Å². The fourth-order valence-electron chi connectivity index (χ4n) is 4.30. The van der Waals surface area contributed by atoms with Gasteiger partial charge in [0.05, 0.1) is 11.2 Å². The summed E-state index contributed by atoms with van der Waals surface area (Å²) < 4.78 is 44.8. The van der Waals surface area contributed by atoms with Crippen molar-refractivity contribution in [2.75, 3.05) is 13.2 Å². The molecule has 1 saturated heterocycles. The third-order valence-corrected chi connectivity index (χ3v) is 5.75. The zero-order valence-corrected chi connectivity index (χ0v) is 16.9. The van der Waals surface area contributed by atoms with E-state index in [1.54, 1.807) is 24.3 Å². The third kappa shape index (κ3) is 5.31. The molecule has 158 valence electrons. The molecule has 0 spiro atoms. The van der Waals surface area contributed by atoms with E-state index in [-0.39, 0.29) is 16.8 Å². The number of hydrogen-bond acceptors (Lipinski definition) is 3. The number of rotatable bonds is 6. The summed E-state index contributed by atoms with van der Waals surface area (Å²) in [6, 6.07) is 12.8. The highest BCUT2D eigenvalue weighted by Gasteiger charge is 2.42. The molecular formula is C23H28F3NO2. The quantitative estimate of drug-likeness (QED) is 0.629. The Labute approximate surface area is 169 Å². The first-order valence-corrected chi connectivity index (χ1v) is 9.91. The van der Waals surface area contributed by atoms with Crippen molar-refractivity contribution in [1.29, 1.82) is 0 Å². The molecule has 0 aliphatic carbocycles. The molecule has 2 N–H and O–H groups in total. The molecule has 1 unspecified atom stereocenters.